The third-order valence-electron chi connectivity index (χ3n) is 4.84. The van der Waals surface area contributed by atoms with Gasteiger partial charge in [0, 0.05) is 12.6 Å². The molecule has 0 aromatic rings. The van der Waals surface area contributed by atoms with E-state index in [1.54, 1.807) is 0 Å². The minimum Gasteiger partial charge on any atom is -0.480 e. The summed E-state index contributed by atoms with van der Waals surface area (Å²) in [5.74, 6) is -0.670. The van der Waals surface area contributed by atoms with Crippen molar-refractivity contribution in [3.63, 3.8) is 0 Å². The number of rotatable bonds is 6. The Kier molecular flexibility index (Phi) is 4.48. The second-order valence-electron chi connectivity index (χ2n) is 6.20. The Morgan fingerprint density at radius 1 is 1.37 bits per heavy atom. The van der Waals surface area contributed by atoms with Crippen LogP contribution in [-0.4, -0.2) is 65.7 Å². The van der Waals surface area contributed by atoms with Gasteiger partial charge in [-0.25, -0.2) is 0 Å². The highest BCUT2D eigenvalue weighted by molar-refractivity contribution is 5.79. The molecule has 1 atom stereocenters. The van der Waals surface area contributed by atoms with Crippen LogP contribution < -0.4 is 5.73 Å². The molecule has 2 rings (SSSR count). The Morgan fingerprint density at radius 2 is 1.95 bits per heavy atom. The third kappa shape index (κ3) is 3.27. The van der Waals surface area contributed by atoms with E-state index in [1.807, 2.05) is 7.05 Å². The minimum absolute atomic E-state index is 0.170. The molecular formula is C14H27N3O2. The van der Waals surface area contributed by atoms with Crippen LogP contribution >= 0.6 is 0 Å². The molecule has 1 aliphatic heterocycles. The first-order chi connectivity index (χ1) is 8.97. The van der Waals surface area contributed by atoms with Crippen molar-refractivity contribution in [1.29, 1.82) is 0 Å². The van der Waals surface area contributed by atoms with Gasteiger partial charge in [0.05, 0.1) is 0 Å². The quantitative estimate of drug-likeness (QED) is 0.739. The number of carboxylic acids is 1. The number of aliphatic carboxylic acids is 1. The highest BCUT2D eigenvalue weighted by Gasteiger charge is 2.49. The maximum atomic E-state index is 11.5. The largest absolute Gasteiger partial charge is 0.480 e. The lowest BCUT2D eigenvalue weighted by Gasteiger charge is -2.39. The van der Waals surface area contributed by atoms with Gasteiger partial charge in [-0.05, 0) is 58.3 Å². The predicted octanol–water partition coefficient (Wildman–Crippen LogP) is 0.595. The molecule has 1 saturated heterocycles. The molecule has 1 saturated carbocycles. The number of piperidine rings is 1. The fourth-order valence-electron chi connectivity index (χ4n) is 3.19. The summed E-state index contributed by atoms with van der Waals surface area (Å²) in [5, 5.41) is 9.41. The summed E-state index contributed by atoms with van der Waals surface area (Å²) in [4.78, 5) is 16.1. The molecule has 0 aromatic carbocycles. The van der Waals surface area contributed by atoms with Crippen LogP contribution in [0.3, 0.4) is 0 Å². The molecule has 0 spiro atoms. The predicted molar refractivity (Wildman–Crippen MR) is 75.0 cm³/mol. The van der Waals surface area contributed by atoms with Gasteiger partial charge in [0.1, 0.15) is 5.54 Å². The first-order valence-corrected chi connectivity index (χ1v) is 7.42. The maximum Gasteiger partial charge on any atom is 0.325 e. The number of carbonyl (C=O) groups is 1. The molecule has 0 radical (unpaired) electrons. The molecule has 0 aromatic heterocycles. The molecule has 19 heavy (non-hydrogen) atoms. The van der Waals surface area contributed by atoms with Crippen LogP contribution in [0.15, 0.2) is 0 Å². The fourth-order valence-corrected chi connectivity index (χ4v) is 3.19. The molecule has 0 amide bonds. The van der Waals surface area contributed by atoms with E-state index in [-0.39, 0.29) is 5.92 Å². The lowest BCUT2D eigenvalue weighted by Crippen LogP contribution is -2.59. The average Bonchev–Trinajstić information content (AvgIpc) is 3.23. The third-order valence-corrected chi connectivity index (χ3v) is 4.84. The Balaban J connectivity index is 1.89. The first kappa shape index (κ1) is 14.8. The number of carboxylic acid groups (broad SMARTS) is 1. The van der Waals surface area contributed by atoms with Crippen LogP contribution in [0.1, 0.15) is 32.6 Å². The van der Waals surface area contributed by atoms with Crippen LogP contribution in [0.4, 0.5) is 0 Å². The Hall–Kier alpha value is -0.650. The van der Waals surface area contributed by atoms with Crippen molar-refractivity contribution in [3.8, 4) is 0 Å². The number of hydrogen-bond acceptors (Lipinski definition) is 4. The molecule has 1 heterocycles. The molecule has 3 N–H and O–H groups in total. The SMILES string of the molecule is CCN1CCC(N(C)CC(N)(C(=O)O)C2CC2)CC1. The molecule has 1 aliphatic carbocycles. The highest BCUT2D eigenvalue weighted by Crippen LogP contribution is 2.39. The molecular weight excluding hydrogens is 242 g/mol. The van der Waals surface area contributed by atoms with Crippen LogP contribution in [-0.2, 0) is 4.79 Å². The smallest absolute Gasteiger partial charge is 0.325 e. The van der Waals surface area contributed by atoms with Crippen molar-refractivity contribution >= 4 is 5.97 Å². The van der Waals surface area contributed by atoms with E-state index in [1.165, 1.54) is 0 Å². The lowest BCUT2D eigenvalue weighted by atomic mass is 9.92. The molecule has 1 unspecified atom stereocenters. The summed E-state index contributed by atoms with van der Waals surface area (Å²) in [7, 11) is 2.03. The summed E-state index contributed by atoms with van der Waals surface area (Å²) < 4.78 is 0. The lowest BCUT2D eigenvalue weighted by molar-refractivity contribution is -0.145. The maximum absolute atomic E-state index is 11.5. The van der Waals surface area contributed by atoms with Gasteiger partial charge in [0.15, 0.2) is 0 Å². The van der Waals surface area contributed by atoms with Gasteiger partial charge in [0.25, 0.3) is 0 Å². The fraction of sp³-hybridized carbons (Fsp3) is 0.929. The van der Waals surface area contributed by atoms with Crippen LogP contribution in [0.25, 0.3) is 0 Å². The van der Waals surface area contributed by atoms with Gasteiger partial charge in [-0.3, -0.25) is 4.79 Å². The summed E-state index contributed by atoms with van der Waals surface area (Å²) in [6.07, 6.45) is 4.16. The van der Waals surface area contributed by atoms with E-state index in [4.69, 9.17) is 5.73 Å². The van der Waals surface area contributed by atoms with E-state index in [2.05, 4.69) is 16.7 Å². The van der Waals surface area contributed by atoms with Crippen molar-refractivity contribution in [2.45, 2.75) is 44.2 Å². The van der Waals surface area contributed by atoms with Crippen molar-refractivity contribution in [1.82, 2.24) is 9.80 Å². The van der Waals surface area contributed by atoms with Gasteiger partial charge in [0.2, 0.25) is 0 Å². The Morgan fingerprint density at radius 3 is 2.37 bits per heavy atom. The second-order valence-corrected chi connectivity index (χ2v) is 6.20. The monoisotopic (exact) mass is 269 g/mol. The molecule has 5 nitrogen and oxygen atoms in total. The van der Waals surface area contributed by atoms with Crippen LogP contribution in [0.2, 0.25) is 0 Å². The van der Waals surface area contributed by atoms with Crippen molar-refractivity contribution in [3.05, 3.63) is 0 Å². The zero-order valence-electron chi connectivity index (χ0n) is 12.1. The van der Waals surface area contributed by atoms with E-state index < -0.39 is 11.5 Å². The van der Waals surface area contributed by atoms with Crippen LogP contribution in [0, 0.1) is 5.92 Å². The number of nitrogens with two attached hydrogens (primary N) is 1. The summed E-state index contributed by atoms with van der Waals surface area (Å²) in [6, 6.07) is 0.476. The van der Waals surface area contributed by atoms with Gasteiger partial charge < -0.3 is 20.6 Å². The minimum atomic E-state index is -1.04. The number of likely N-dealkylation sites (tertiary alicyclic amines) is 1. The highest BCUT2D eigenvalue weighted by atomic mass is 16.4. The van der Waals surface area contributed by atoms with Gasteiger partial charge >= 0.3 is 5.97 Å². The Bertz CT molecular complexity index is 325. The molecule has 5 heteroatoms. The van der Waals surface area contributed by atoms with Gasteiger partial charge in [-0.1, -0.05) is 6.92 Å². The van der Waals surface area contributed by atoms with E-state index in [0.29, 0.717) is 12.6 Å². The number of nitrogens with zero attached hydrogens (tertiary/aromatic N) is 2. The summed E-state index contributed by atoms with van der Waals surface area (Å²) in [6.45, 7) is 5.99. The zero-order valence-corrected chi connectivity index (χ0v) is 12.1. The average molecular weight is 269 g/mol. The van der Waals surface area contributed by atoms with E-state index >= 15 is 0 Å². The molecule has 110 valence electrons. The van der Waals surface area contributed by atoms with Crippen molar-refractivity contribution < 1.29 is 9.90 Å². The first-order valence-electron chi connectivity index (χ1n) is 7.42. The van der Waals surface area contributed by atoms with Gasteiger partial charge in [-0.15, -0.1) is 0 Å². The molecule has 0 bridgehead atoms. The van der Waals surface area contributed by atoms with Crippen LogP contribution in [0.5, 0.6) is 0 Å². The second kappa shape index (κ2) is 5.77. The van der Waals surface area contributed by atoms with E-state index in [0.717, 1.165) is 45.3 Å². The normalized spacial score (nSPS) is 25.5. The standard InChI is InChI=1S/C14H27N3O2/c1-3-17-8-6-12(7-9-17)16(2)10-14(15,13(18)19)11-4-5-11/h11-12H,3-10,15H2,1-2H3,(H,18,19). The number of likely N-dealkylation sites (N-methyl/N-ethyl adjacent to an activating group) is 1. The van der Waals surface area contributed by atoms with Crippen molar-refractivity contribution in [2.24, 2.45) is 11.7 Å². The summed E-state index contributed by atoms with van der Waals surface area (Å²) >= 11 is 0. The zero-order chi connectivity index (χ0) is 14.0. The van der Waals surface area contributed by atoms with Gasteiger partial charge in [-0.2, -0.15) is 0 Å². The van der Waals surface area contributed by atoms with E-state index in [9.17, 15) is 9.90 Å². The van der Waals surface area contributed by atoms with Crippen molar-refractivity contribution in [2.75, 3.05) is 33.2 Å². The molecule has 2 fully saturated rings. The summed E-state index contributed by atoms with van der Waals surface area (Å²) in [5.41, 5.74) is 5.11. The number of hydrogen-bond donors (Lipinski definition) is 2. The topological polar surface area (TPSA) is 69.8 Å². The molecule has 2 aliphatic rings. The Labute approximate surface area is 115 Å².